The van der Waals surface area contributed by atoms with Gasteiger partial charge in [-0.25, -0.2) is 4.67 Å². The van der Waals surface area contributed by atoms with Crippen molar-refractivity contribution >= 4 is 30.0 Å². The van der Waals surface area contributed by atoms with Crippen molar-refractivity contribution in [2.75, 3.05) is 24.9 Å². The topological polar surface area (TPSA) is 32.8 Å². The molecule has 0 aromatic heterocycles. The van der Waals surface area contributed by atoms with Crippen molar-refractivity contribution in [3.63, 3.8) is 0 Å². The fraction of sp³-hybridized carbons (Fsp3) is 0.333. The number of fused-ring (bicyclic) bond motifs is 1. The molecule has 0 spiro atoms. The van der Waals surface area contributed by atoms with E-state index in [1.807, 2.05) is 36.4 Å². The van der Waals surface area contributed by atoms with Gasteiger partial charge in [-0.1, -0.05) is 29.8 Å². The number of anilines is 1. The maximum absolute atomic E-state index is 14.4. The Morgan fingerprint density at radius 1 is 1.21 bits per heavy atom. The molecular formula is C18H20ClN2O2P. The molecule has 4 rings (SSSR count). The molecule has 0 unspecified atom stereocenters. The maximum atomic E-state index is 14.4. The predicted octanol–water partition coefficient (Wildman–Crippen LogP) is 4.15. The maximum Gasteiger partial charge on any atom is 0.273 e. The number of rotatable bonds is 3. The second kappa shape index (κ2) is 6.11. The molecule has 2 saturated heterocycles. The number of nitrogens with zero attached hydrogens (tertiary/aromatic N) is 2. The van der Waals surface area contributed by atoms with Gasteiger partial charge in [0.05, 0.1) is 12.4 Å². The van der Waals surface area contributed by atoms with Crippen molar-refractivity contribution in [2.45, 2.75) is 18.9 Å². The predicted molar refractivity (Wildman–Crippen MR) is 98.8 cm³/mol. The first-order valence-corrected chi connectivity index (χ1v) is 10.2. The molecule has 2 atom stereocenters. The van der Waals surface area contributed by atoms with Crippen molar-refractivity contribution in [1.29, 1.82) is 0 Å². The number of hydrogen-bond acceptors (Lipinski definition) is 2. The summed E-state index contributed by atoms with van der Waals surface area (Å²) in [7, 11) is -1.37. The summed E-state index contributed by atoms with van der Waals surface area (Å²) in [5.41, 5.74) is 0.984. The van der Waals surface area contributed by atoms with Crippen LogP contribution in [0, 0.1) is 0 Å². The second-order valence-electron chi connectivity index (χ2n) is 6.24. The van der Waals surface area contributed by atoms with Gasteiger partial charge in [-0.05, 0) is 43.2 Å². The first kappa shape index (κ1) is 16.0. The van der Waals surface area contributed by atoms with Crippen LogP contribution in [0.4, 0.5) is 5.69 Å². The first-order chi connectivity index (χ1) is 11.6. The number of ether oxygens (including phenoxy) is 1. The minimum Gasteiger partial charge on any atom is -0.496 e. The minimum absolute atomic E-state index is 0.319. The number of para-hydroxylation sites is 1. The molecule has 0 bridgehead atoms. The van der Waals surface area contributed by atoms with Crippen LogP contribution in [-0.4, -0.2) is 30.9 Å². The lowest BCUT2D eigenvalue weighted by Crippen LogP contribution is -2.28. The van der Waals surface area contributed by atoms with Crippen LogP contribution in [0.5, 0.6) is 5.75 Å². The molecular weight excluding hydrogens is 343 g/mol. The lowest BCUT2D eigenvalue weighted by Gasteiger charge is -2.32. The summed E-state index contributed by atoms with van der Waals surface area (Å²) >= 11 is 6.24. The Bertz CT molecular complexity index is 799. The van der Waals surface area contributed by atoms with E-state index in [2.05, 4.69) is 9.34 Å². The van der Waals surface area contributed by atoms with Crippen molar-refractivity contribution in [2.24, 2.45) is 0 Å². The van der Waals surface area contributed by atoms with Crippen molar-refractivity contribution in [3.8, 4) is 5.75 Å². The molecule has 6 heteroatoms. The average molecular weight is 363 g/mol. The van der Waals surface area contributed by atoms with Gasteiger partial charge in [-0.3, -0.25) is 4.57 Å². The van der Waals surface area contributed by atoms with E-state index in [1.165, 1.54) is 0 Å². The smallest absolute Gasteiger partial charge is 0.273 e. The van der Waals surface area contributed by atoms with E-state index in [0.29, 0.717) is 22.1 Å². The summed E-state index contributed by atoms with van der Waals surface area (Å²) in [6.45, 7) is 1.62. The summed E-state index contributed by atoms with van der Waals surface area (Å²) < 4.78 is 24.2. The third-order valence-electron chi connectivity index (χ3n) is 4.91. The molecule has 2 aromatic carbocycles. The molecule has 2 heterocycles. The number of hydrogen-bond donors (Lipinski definition) is 0. The van der Waals surface area contributed by atoms with Gasteiger partial charge in [-0.15, -0.1) is 0 Å². The standard InChI is InChI=1S/C18H20ClN2O2P/c1-23-17-10-9-14(19)12-18(17)24(22)20-11-5-8-16(20)13-21(24)15-6-3-2-4-7-15/h2-4,6-7,9-10,12,16H,5,8,11,13H2,1H3/t16-,24-/m0/s1. The van der Waals surface area contributed by atoms with Crippen LogP contribution in [0.3, 0.4) is 0 Å². The molecule has 2 aliphatic rings. The fourth-order valence-electron chi connectivity index (χ4n) is 3.83. The summed E-state index contributed by atoms with van der Waals surface area (Å²) in [5, 5.41) is 1.28. The highest BCUT2D eigenvalue weighted by molar-refractivity contribution is 7.71. The van der Waals surface area contributed by atoms with Crippen LogP contribution in [0.15, 0.2) is 48.5 Å². The van der Waals surface area contributed by atoms with Crippen molar-refractivity contribution in [3.05, 3.63) is 53.6 Å². The molecule has 2 fully saturated rings. The van der Waals surface area contributed by atoms with Gasteiger partial charge in [0.25, 0.3) is 7.44 Å². The lowest BCUT2D eigenvalue weighted by atomic mass is 10.2. The summed E-state index contributed by atoms with van der Waals surface area (Å²) in [5.74, 6) is 0.635. The van der Waals surface area contributed by atoms with Crippen LogP contribution in [0.25, 0.3) is 0 Å². The molecule has 0 saturated carbocycles. The SMILES string of the molecule is COc1ccc(Cl)cc1[P@@]1(=O)N(c2ccccc2)C[C@@H]2CCCN21. The van der Waals surface area contributed by atoms with E-state index in [1.54, 1.807) is 19.2 Å². The third-order valence-corrected chi connectivity index (χ3v) is 8.40. The number of methoxy groups -OCH3 is 1. The summed E-state index contributed by atoms with van der Waals surface area (Å²) in [6, 6.07) is 15.7. The van der Waals surface area contributed by atoms with Gasteiger partial charge in [0.1, 0.15) is 5.75 Å². The highest BCUT2D eigenvalue weighted by Crippen LogP contribution is 2.63. The zero-order valence-electron chi connectivity index (χ0n) is 13.6. The molecule has 0 N–H and O–H groups in total. The Hall–Kier alpha value is -1.48. The Morgan fingerprint density at radius 3 is 2.75 bits per heavy atom. The number of benzene rings is 2. The van der Waals surface area contributed by atoms with Gasteiger partial charge in [0.2, 0.25) is 0 Å². The van der Waals surface area contributed by atoms with E-state index in [4.69, 9.17) is 16.3 Å². The van der Waals surface area contributed by atoms with Gasteiger partial charge in [0.15, 0.2) is 0 Å². The highest BCUT2D eigenvalue weighted by Gasteiger charge is 2.52. The zero-order chi connectivity index (χ0) is 16.7. The molecule has 0 radical (unpaired) electrons. The van der Waals surface area contributed by atoms with Crippen LogP contribution < -0.4 is 14.7 Å². The molecule has 2 aromatic rings. The fourth-order valence-corrected chi connectivity index (χ4v) is 7.56. The van der Waals surface area contributed by atoms with Crippen LogP contribution in [-0.2, 0) is 4.57 Å². The number of halogens is 1. The van der Waals surface area contributed by atoms with E-state index in [0.717, 1.165) is 31.6 Å². The lowest BCUT2D eigenvalue weighted by molar-refractivity contribution is 0.413. The van der Waals surface area contributed by atoms with Gasteiger partial charge < -0.3 is 9.41 Å². The molecule has 24 heavy (non-hydrogen) atoms. The van der Waals surface area contributed by atoms with E-state index >= 15 is 0 Å². The quantitative estimate of drug-likeness (QED) is 0.768. The largest absolute Gasteiger partial charge is 0.496 e. The summed E-state index contributed by atoms with van der Waals surface area (Å²) in [6.07, 6.45) is 2.16. The molecule has 2 aliphatic heterocycles. The first-order valence-electron chi connectivity index (χ1n) is 8.19. The Morgan fingerprint density at radius 2 is 2.00 bits per heavy atom. The van der Waals surface area contributed by atoms with E-state index < -0.39 is 7.44 Å². The van der Waals surface area contributed by atoms with Crippen molar-refractivity contribution < 1.29 is 9.30 Å². The normalized spacial score (nSPS) is 26.6. The van der Waals surface area contributed by atoms with Crippen LogP contribution >= 0.6 is 19.0 Å². The minimum atomic E-state index is -2.98. The highest BCUT2D eigenvalue weighted by atomic mass is 35.5. The van der Waals surface area contributed by atoms with Crippen LogP contribution in [0.2, 0.25) is 5.02 Å². The molecule has 4 nitrogen and oxygen atoms in total. The third kappa shape index (κ3) is 2.36. The van der Waals surface area contributed by atoms with Crippen LogP contribution in [0.1, 0.15) is 12.8 Å². The molecule has 126 valence electrons. The summed E-state index contributed by atoms with van der Waals surface area (Å²) in [4.78, 5) is 0. The van der Waals surface area contributed by atoms with Gasteiger partial charge in [0, 0.05) is 29.8 Å². The van der Waals surface area contributed by atoms with E-state index in [9.17, 15) is 4.57 Å². The Kier molecular flexibility index (Phi) is 4.07. The Balaban J connectivity index is 1.90. The zero-order valence-corrected chi connectivity index (χ0v) is 15.2. The van der Waals surface area contributed by atoms with Gasteiger partial charge in [-0.2, -0.15) is 0 Å². The molecule has 0 aliphatic carbocycles. The van der Waals surface area contributed by atoms with Crippen molar-refractivity contribution in [1.82, 2.24) is 4.67 Å². The average Bonchev–Trinajstić information content (AvgIpc) is 3.18. The molecule has 0 amide bonds. The van der Waals surface area contributed by atoms with Gasteiger partial charge >= 0.3 is 0 Å². The van der Waals surface area contributed by atoms with E-state index in [-0.39, 0.29) is 0 Å². The Labute approximate surface area is 147 Å². The monoisotopic (exact) mass is 362 g/mol. The second-order valence-corrected chi connectivity index (χ2v) is 9.24.